The minimum absolute atomic E-state index is 0.244. The van der Waals surface area contributed by atoms with Gasteiger partial charge < -0.3 is 14.3 Å². The molecule has 1 aromatic rings. The number of ether oxygens (including phenoxy) is 2. The fourth-order valence-electron chi connectivity index (χ4n) is 1.34. The second-order valence-corrected chi connectivity index (χ2v) is 3.95. The Morgan fingerprint density at radius 2 is 2.00 bits per heavy atom. The van der Waals surface area contributed by atoms with Crippen molar-refractivity contribution in [2.24, 2.45) is 0 Å². The molecule has 0 aliphatic heterocycles. The highest BCUT2D eigenvalue weighted by molar-refractivity contribution is 9.10. The van der Waals surface area contributed by atoms with E-state index in [9.17, 15) is 0 Å². The summed E-state index contributed by atoms with van der Waals surface area (Å²) in [5.74, 6) is 1.27. The maximum Gasteiger partial charge on any atom is 0.249 e. The van der Waals surface area contributed by atoms with Crippen LogP contribution in [0.1, 0.15) is 18.5 Å². The van der Waals surface area contributed by atoms with Crippen LogP contribution in [-0.2, 0) is 0 Å². The molecule has 0 aromatic heterocycles. The second kappa shape index (κ2) is 5.04. The Kier molecular flexibility index (Phi) is 3.98. The van der Waals surface area contributed by atoms with Crippen molar-refractivity contribution in [1.29, 1.82) is 0 Å². The molecule has 4 heteroatoms. The van der Waals surface area contributed by atoms with Gasteiger partial charge in [-0.2, -0.15) is 0 Å². The molecule has 0 heterocycles. The lowest BCUT2D eigenvalue weighted by molar-refractivity contribution is 0.351. The van der Waals surface area contributed by atoms with Crippen molar-refractivity contribution in [1.82, 2.24) is 0 Å². The summed E-state index contributed by atoms with van der Waals surface area (Å²) in [4.78, 5) is 3.48. The topological polar surface area (TPSA) is 22.8 Å². The van der Waals surface area contributed by atoms with Crippen molar-refractivity contribution < 1.29 is 9.47 Å². The Bertz CT molecular complexity index is 398. The van der Waals surface area contributed by atoms with Crippen LogP contribution in [0.3, 0.4) is 0 Å². The van der Waals surface area contributed by atoms with Gasteiger partial charge in [0, 0.05) is 11.4 Å². The number of hydrogen-bond donors (Lipinski definition) is 0. The lowest BCUT2D eigenvalue weighted by atomic mass is 10.1. The molecule has 15 heavy (non-hydrogen) atoms. The first-order valence-electron chi connectivity index (χ1n) is 4.42. The Morgan fingerprint density at radius 3 is 2.47 bits per heavy atom. The van der Waals surface area contributed by atoms with Gasteiger partial charge in [-0.3, -0.25) is 0 Å². The molecule has 1 unspecified atom stereocenters. The molecular formula is C11H12BrNO2. The van der Waals surface area contributed by atoms with E-state index < -0.39 is 0 Å². The molecule has 0 spiro atoms. The summed E-state index contributed by atoms with van der Waals surface area (Å²) in [6.45, 7) is 8.86. The van der Waals surface area contributed by atoms with Crippen LogP contribution >= 0.6 is 15.9 Å². The standard InChI is InChI=1S/C11H12BrNO2/c1-7(13-2)9-5-8(12)6-10(14-3)11(9)15-4/h5-7H,1,3-4H3. The van der Waals surface area contributed by atoms with Crippen LogP contribution in [0.4, 0.5) is 0 Å². The van der Waals surface area contributed by atoms with Crippen LogP contribution < -0.4 is 9.47 Å². The molecule has 0 bridgehead atoms. The Hall–Kier alpha value is -1.21. The molecule has 0 saturated heterocycles. The van der Waals surface area contributed by atoms with Crippen molar-refractivity contribution in [2.75, 3.05) is 14.2 Å². The summed E-state index contributed by atoms with van der Waals surface area (Å²) >= 11 is 3.38. The summed E-state index contributed by atoms with van der Waals surface area (Å²) in [6.07, 6.45) is 0. The zero-order valence-corrected chi connectivity index (χ0v) is 10.5. The first-order valence-corrected chi connectivity index (χ1v) is 5.21. The number of hydrogen-bond acceptors (Lipinski definition) is 2. The van der Waals surface area contributed by atoms with Crippen molar-refractivity contribution >= 4 is 15.9 Å². The first kappa shape index (κ1) is 11.9. The average Bonchev–Trinajstić information content (AvgIpc) is 2.26. The van der Waals surface area contributed by atoms with Gasteiger partial charge in [0.1, 0.15) is 0 Å². The van der Waals surface area contributed by atoms with Crippen LogP contribution in [0.15, 0.2) is 16.6 Å². The molecule has 3 nitrogen and oxygen atoms in total. The van der Waals surface area contributed by atoms with E-state index in [0.29, 0.717) is 11.5 Å². The summed E-state index contributed by atoms with van der Waals surface area (Å²) in [6, 6.07) is 3.45. The fraction of sp³-hybridized carbons (Fsp3) is 0.364. The second-order valence-electron chi connectivity index (χ2n) is 3.04. The van der Waals surface area contributed by atoms with Gasteiger partial charge in [0.25, 0.3) is 0 Å². The maximum atomic E-state index is 7.03. The van der Waals surface area contributed by atoms with Gasteiger partial charge in [0.2, 0.25) is 6.04 Å². The number of halogens is 1. The Balaban J connectivity index is 3.36. The van der Waals surface area contributed by atoms with Crippen LogP contribution in [0.2, 0.25) is 0 Å². The zero-order chi connectivity index (χ0) is 11.4. The van der Waals surface area contributed by atoms with Crippen LogP contribution in [0, 0.1) is 6.57 Å². The molecule has 80 valence electrons. The first-order chi connectivity index (χ1) is 7.13. The van der Waals surface area contributed by atoms with Crippen LogP contribution in [-0.4, -0.2) is 14.2 Å². The van der Waals surface area contributed by atoms with Crippen LogP contribution in [0.5, 0.6) is 11.5 Å². The van der Waals surface area contributed by atoms with E-state index in [4.69, 9.17) is 16.0 Å². The molecule has 0 aliphatic rings. The fourth-order valence-corrected chi connectivity index (χ4v) is 1.79. The van der Waals surface area contributed by atoms with E-state index in [1.807, 2.05) is 19.1 Å². The molecule has 1 rings (SSSR count). The van der Waals surface area contributed by atoms with E-state index in [-0.39, 0.29) is 6.04 Å². The molecule has 0 aliphatic carbocycles. The van der Waals surface area contributed by atoms with E-state index in [0.717, 1.165) is 10.0 Å². The summed E-state index contributed by atoms with van der Waals surface area (Å²) in [5, 5.41) is 0. The van der Waals surface area contributed by atoms with E-state index >= 15 is 0 Å². The molecule has 0 saturated carbocycles. The monoisotopic (exact) mass is 269 g/mol. The molecule has 0 radical (unpaired) electrons. The van der Waals surface area contributed by atoms with Gasteiger partial charge in [-0.25, -0.2) is 6.57 Å². The van der Waals surface area contributed by atoms with Gasteiger partial charge in [0.05, 0.1) is 19.8 Å². The number of rotatable bonds is 3. The predicted molar refractivity (Wildman–Crippen MR) is 62.3 cm³/mol. The third-order valence-electron chi connectivity index (χ3n) is 2.12. The minimum atomic E-state index is -0.244. The SMILES string of the molecule is [C-]#[N+]C(C)c1cc(Br)cc(OC)c1OC. The van der Waals surface area contributed by atoms with Gasteiger partial charge in [-0.15, -0.1) is 0 Å². The highest BCUT2D eigenvalue weighted by Crippen LogP contribution is 2.38. The normalized spacial score (nSPS) is 11.7. The third-order valence-corrected chi connectivity index (χ3v) is 2.57. The number of benzene rings is 1. The molecule has 1 aromatic carbocycles. The Morgan fingerprint density at radius 1 is 1.33 bits per heavy atom. The lowest BCUT2D eigenvalue weighted by Crippen LogP contribution is -1.97. The zero-order valence-electron chi connectivity index (χ0n) is 8.87. The lowest BCUT2D eigenvalue weighted by Gasteiger charge is -2.12. The van der Waals surface area contributed by atoms with Gasteiger partial charge in [-0.05, 0) is 12.1 Å². The largest absolute Gasteiger partial charge is 0.493 e. The molecular weight excluding hydrogens is 258 g/mol. The van der Waals surface area contributed by atoms with E-state index in [2.05, 4.69) is 20.8 Å². The van der Waals surface area contributed by atoms with Crippen LogP contribution in [0.25, 0.3) is 4.85 Å². The molecule has 0 amide bonds. The van der Waals surface area contributed by atoms with E-state index in [1.165, 1.54) is 0 Å². The Labute approximate surface area is 98.0 Å². The third kappa shape index (κ3) is 2.42. The van der Waals surface area contributed by atoms with Gasteiger partial charge in [0.15, 0.2) is 11.5 Å². The molecule has 0 N–H and O–H groups in total. The van der Waals surface area contributed by atoms with Gasteiger partial charge >= 0.3 is 0 Å². The number of nitrogens with zero attached hydrogens (tertiary/aromatic N) is 1. The van der Waals surface area contributed by atoms with Crippen molar-refractivity contribution in [3.63, 3.8) is 0 Å². The minimum Gasteiger partial charge on any atom is -0.493 e. The van der Waals surface area contributed by atoms with Crippen molar-refractivity contribution in [3.05, 3.63) is 33.6 Å². The predicted octanol–water partition coefficient (Wildman–Crippen LogP) is 3.45. The van der Waals surface area contributed by atoms with Gasteiger partial charge in [-0.1, -0.05) is 15.9 Å². The summed E-state index contributed by atoms with van der Waals surface area (Å²) in [7, 11) is 3.16. The summed E-state index contributed by atoms with van der Waals surface area (Å²) in [5.41, 5.74) is 0.832. The average molecular weight is 270 g/mol. The van der Waals surface area contributed by atoms with Crippen molar-refractivity contribution in [2.45, 2.75) is 13.0 Å². The number of methoxy groups -OCH3 is 2. The van der Waals surface area contributed by atoms with Crippen molar-refractivity contribution in [3.8, 4) is 11.5 Å². The quantitative estimate of drug-likeness (QED) is 0.785. The molecule has 0 fully saturated rings. The highest BCUT2D eigenvalue weighted by atomic mass is 79.9. The molecule has 1 atom stereocenters. The van der Waals surface area contributed by atoms with E-state index in [1.54, 1.807) is 14.2 Å². The smallest absolute Gasteiger partial charge is 0.249 e. The highest BCUT2D eigenvalue weighted by Gasteiger charge is 2.19. The summed E-state index contributed by atoms with van der Waals surface area (Å²) < 4.78 is 11.3. The maximum absolute atomic E-state index is 7.03.